The average Bonchev–Trinajstić information content (AvgIpc) is 2.34. The van der Waals surface area contributed by atoms with Gasteiger partial charge in [0, 0.05) is 22.6 Å². The van der Waals surface area contributed by atoms with Crippen molar-refractivity contribution in [3.05, 3.63) is 33.3 Å². The molecule has 4 heteroatoms. The van der Waals surface area contributed by atoms with E-state index in [9.17, 15) is 0 Å². The zero-order valence-corrected chi connectivity index (χ0v) is 13.1. The van der Waals surface area contributed by atoms with Crippen LogP contribution in [0.25, 0.3) is 0 Å². The first-order chi connectivity index (χ1) is 8.65. The number of nitrogens with one attached hydrogen (secondary N) is 1. The predicted octanol–water partition coefficient (Wildman–Crippen LogP) is 3.53. The molecule has 0 unspecified atom stereocenters. The second-order valence-corrected chi connectivity index (χ2v) is 6.45. The Labute approximate surface area is 123 Å². The van der Waals surface area contributed by atoms with Crippen molar-refractivity contribution in [2.24, 2.45) is 5.92 Å². The summed E-state index contributed by atoms with van der Waals surface area (Å²) >= 11 is 9.69. The van der Waals surface area contributed by atoms with Gasteiger partial charge in [0.25, 0.3) is 0 Å². The van der Waals surface area contributed by atoms with Crippen LogP contribution in [0.4, 0.5) is 0 Å². The summed E-state index contributed by atoms with van der Waals surface area (Å²) < 4.78 is 1.04. The maximum absolute atomic E-state index is 6.25. The third kappa shape index (κ3) is 4.23. The summed E-state index contributed by atoms with van der Waals surface area (Å²) in [6, 6.07) is 6.13. The molecule has 1 aromatic rings. The number of halogens is 2. The molecule has 0 bridgehead atoms. The summed E-state index contributed by atoms with van der Waals surface area (Å²) in [6.07, 6.45) is 2.58. The van der Waals surface area contributed by atoms with Gasteiger partial charge in [0.1, 0.15) is 0 Å². The highest BCUT2D eigenvalue weighted by molar-refractivity contribution is 9.10. The lowest BCUT2D eigenvalue weighted by molar-refractivity contribution is 0.234. The van der Waals surface area contributed by atoms with Crippen molar-refractivity contribution in [2.45, 2.75) is 19.4 Å². The number of piperidine rings is 1. The number of hydrogen-bond acceptors (Lipinski definition) is 2. The molecule has 0 radical (unpaired) electrons. The molecule has 1 aliphatic heterocycles. The first-order valence-electron chi connectivity index (χ1n) is 6.48. The Morgan fingerprint density at radius 1 is 1.39 bits per heavy atom. The van der Waals surface area contributed by atoms with Crippen LogP contribution in [0, 0.1) is 5.92 Å². The van der Waals surface area contributed by atoms with E-state index in [2.05, 4.69) is 45.3 Å². The highest BCUT2D eigenvalue weighted by Crippen LogP contribution is 2.23. The molecular weight excluding hydrogens is 312 g/mol. The van der Waals surface area contributed by atoms with Gasteiger partial charge in [-0.25, -0.2) is 0 Å². The van der Waals surface area contributed by atoms with E-state index in [1.54, 1.807) is 0 Å². The second kappa shape index (κ2) is 6.90. The minimum Gasteiger partial charge on any atom is -0.317 e. The van der Waals surface area contributed by atoms with E-state index < -0.39 is 0 Å². The Hall–Kier alpha value is -0.0900. The summed E-state index contributed by atoms with van der Waals surface area (Å²) in [7, 11) is 2.18. The van der Waals surface area contributed by atoms with Gasteiger partial charge in [0.15, 0.2) is 0 Å². The van der Waals surface area contributed by atoms with Crippen molar-refractivity contribution in [1.82, 2.24) is 10.2 Å². The molecule has 2 nitrogen and oxygen atoms in total. The second-order valence-electron chi connectivity index (χ2n) is 5.13. The van der Waals surface area contributed by atoms with Crippen LogP contribution in [0.15, 0.2) is 22.7 Å². The van der Waals surface area contributed by atoms with Crippen molar-refractivity contribution >= 4 is 27.5 Å². The first-order valence-corrected chi connectivity index (χ1v) is 7.65. The van der Waals surface area contributed by atoms with Crippen molar-refractivity contribution in [2.75, 3.05) is 26.7 Å². The van der Waals surface area contributed by atoms with Crippen LogP contribution in [0.5, 0.6) is 0 Å². The van der Waals surface area contributed by atoms with E-state index in [4.69, 9.17) is 11.6 Å². The fourth-order valence-electron chi connectivity index (χ4n) is 2.51. The molecule has 1 heterocycles. The predicted molar refractivity (Wildman–Crippen MR) is 81.1 cm³/mol. The topological polar surface area (TPSA) is 15.3 Å². The SMILES string of the molecule is CN(Cc1ccc(Br)cc1Cl)CC1CCNCC1. The van der Waals surface area contributed by atoms with Gasteiger partial charge >= 0.3 is 0 Å². The summed E-state index contributed by atoms with van der Waals surface area (Å²) in [6.45, 7) is 4.42. The van der Waals surface area contributed by atoms with E-state index in [1.807, 2.05) is 6.07 Å². The van der Waals surface area contributed by atoms with Crippen molar-refractivity contribution in [3.63, 3.8) is 0 Å². The van der Waals surface area contributed by atoms with E-state index in [-0.39, 0.29) is 0 Å². The van der Waals surface area contributed by atoms with Crippen molar-refractivity contribution < 1.29 is 0 Å². The molecule has 1 aromatic carbocycles. The van der Waals surface area contributed by atoms with Crippen molar-refractivity contribution in [1.29, 1.82) is 0 Å². The van der Waals surface area contributed by atoms with Gasteiger partial charge in [-0.1, -0.05) is 33.6 Å². The first kappa shape index (κ1) is 14.3. The quantitative estimate of drug-likeness (QED) is 0.908. The highest BCUT2D eigenvalue weighted by Gasteiger charge is 2.15. The minimum absolute atomic E-state index is 0.825. The van der Waals surface area contributed by atoms with Gasteiger partial charge in [-0.05, 0) is 56.6 Å². The minimum atomic E-state index is 0.825. The van der Waals surface area contributed by atoms with Gasteiger partial charge in [-0.15, -0.1) is 0 Å². The Morgan fingerprint density at radius 2 is 2.11 bits per heavy atom. The highest BCUT2D eigenvalue weighted by atomic mass is 79.9. The Bertz CT molecular complexity index is 391. The third-order valence-corrected chi connectivity index (χ3v) is 4.33. The lowest BCUT2D eigenvalue weighted by Gasteiger charge is -2.27. The van der Waals surface area contributed by atoms with Gasteiger partial charge in [0.05, 0.1) is 0 Å². The number of nitrogens with zero attached hydrogens (tertiary/aromatic N) is 1. The van der Waals surface area contributed by atoms with Crippen LogP contribution in [-0.4, -0.2) is 31.6 Å². The maximum atomic E-state index is 6.25. The average molecular weight is 332 g/mol. The lowest BCUT2D eigenvalue weighted by atomic mass is 9.97. The lowest BCUT2D eigenvalue weighted by Crippen LogP contribution is -2.34. The normalized spacial score (nSPS) is 17.3. The summed E-state index contributed by atoms with van der Waals surface area (Å²) in [5.74, 6) is 0.825. The molecule has 1 saturated heterocycles. The fourth-order valence-corrected chi connectivity index (χ4v) is 3.24. The molecule has 0 atom stereocenters. The molecule has 0 saturated carbocycles. The van der Waals surface area contributed by atoms with Crippen LogP contribution < -0.4 is 5.32 Å². The van der Waals surface area contributed by atoms with Crippen LogP contribution >= 0.6 is 27.5 Å². The largest absolute Gasteiger partial charge is 0.317 e. The molecule has 1 fully saturated rings. The third-order valence-electron chi connectivity index (χ3n) is 3.48. The number of rotatable bonds is 4. The molecule has 0 amide bonds. The van der Waals surface area contributed by atoms with Gasteiger partial charge in [0.2, 0.25) is 0 Å². The van der Waals surface area contributed by atoms with Crippen LogP contribution in [-0.2, 0) is 6.54 Å². The Balaban J connectivity index is 1.87. The fraction of sp³-hybridized carbons (Fsp3) is 0.571. The molecule has 100 valence electrons. The zero-order chi connectivity index (χ0) is 13.0. The molecule has 0 spiro atoms. The molecular formula is C14H20BrClN2. The molecule has 18 heavy (non-hydrogen) atoms. The summed E-state index contributed by atoms with van der Waals surface area (Å²) in [4.78, 5) is 2.38. The standard InChI is InChI=1S/C14H20BrClN2/c1-18(9-11-4-6-17-7-5-11)10-12-2-3-13(15)8-14(12)16/h2-3,8,11,17H,4-7,9-10H2,1H3. The van der Waals surface area contributed by atoms with Crippen LogP contribution in [0.2, 0.25) is 5.02 Å². The smallest absolute Gasteiger partial charge is 0.0462 e. The summed E-state index contributed by atoms with van der Waals surface area (Å²) in [5, 5.41) is 4.26. The monoisotopic (exact) mass is 330 g/mol. The molecule has 1 N–H and O–H groups in total. The van der Waals surface area contributed by atoms with Gasteiger partial charge in [-0.3, -0.25) is 0 Å². The number of hydrogen-bond donors (Lipinski definition) is 1. The molecule has 1 aliphatic rings. The Morgan fingerprint density at radius 3 is 2.78 bits per heavy atom. The van der Waals surface area contributed by atoms with Crippen molar-refractivity contribution in [3.8, 4) is 0 Å². The number of benzene rings is 1. The Kier molecular flexibility index (Phi) is 5.49. The van der Waals surface area contributed by atoms with E-state index in [0.29, 0.717) is 0 Å². The van der Waals surface area contributed by atoms with Crippen LogP contribution in [0.3, 0.4) is 0 Å². The van der Waals surface area contributed by atoms with Crippen LogP contribution in [0.1, 0.15) is 18.4 Å². The molecule has 0 aliphatic carbocycles. The summed E-state index contributed by atoms with van der Waals surface area (Å²) in [5.41, 5.74) is 1.20. The maximum Gasteiger partial charge on any atom is 0.0462 e. The molecule has 2 rings (SSSR count). The van der Waals surface area contributed by atoms with E-state index >= 15 is 0 Å². The van der Waals surface area contributed by atoms with E-state index in [0.717, 1.165) is 41.6 Å². The van der Waals surface area contributed by atoms with E-state index in [1.165, 1.54) is 18.4 Å². The zero-order valence-electron chi connectivity index (χ0n) is 10.8. The van der Waals surface area contributed by atoms with Gasteiger partial charge < -0.3 is 10.2 Å². The molecule has 0 aromatic heterocycles. The van der Waals surface area contributed by atoms with Gasteiger partial charge in [-0.2, -0.15) is 0 Å².